The van der Waals surface area contributed by atoms with Crippen LogP contribution in [0, 0.1) is 5.92 Å². The second-order valence-electron chi connectivity index (χ2n) is 3.35. The third-order valence-electron chi connectivity index (χ3n) is 1.97. The van der Waals surface area contributed by atoms with Crippen LogP contribution in [0.4, 0.5) is 5.69 Å². The summed E-state index contributed by atoms with van der Waals surface area (Å²) in [5.41, 5.74) is 6.37. The third kappa shape index (κ3) is 3.37. The molecule has 0 amide bonds. The summed E-state index contributed by atoms with van der Waals surface area (Å²) < 4.78 is 0. The van der Waals surface area contributed by atoms with E-state index >= 15 is 0 Å². The number of halogens is 2. The van der Waals surface area contributed by atoms with E-state index in [0.29, 0.717) is 22.5 Å². The first kappa shape index (κ1) is 11.6. The van der Waals surface area contributed by atoms with Crippen LogP contribution in [0.1, 0.15) is 6.92 Å². The lowest BCUT2D eigenvalue weighted by atomic mass is 10.2. The molecule has 4 heteroatoms. The van der Waals surface area contributed by atoms with Gasteiger partial charge in [-0.05, 0) is 30.7 Å². The fourth-order valence-electron chi connectivity index (χ4n) is 1.00. The first-order valence-corrected chi connectivity index (χ1v) is 5.28. The molecule has 0 aromatic heterocycles. The molecule has 0 spiro atoms. The van der Waals surface area contributed by atoms with Crippen molar-refractivity contribution in [1.29, 1.82) is 0 Å². The second-order valence-corrected chi connectivity index (χ2v) is 4.19. The van der Waals surface area contributed by atoms with E-state index in [-0.39, 0.29) is 0 Å². The van der Waals surface area contributed by atoms with Crippen LogP contribution in [0.2, 0.25) is 10.0 Å². The van der Waals surface area contributed by atoms with Crippen molar-refractivity contribution in [2.24, 2.45) is 11.7 Å². The van der Waals surface area contributed by atoms with Crippen LogP contribution in [0.15, 0.2) is 18.2 Å². The molecule has 0 radical (unpaired) electrons. The van der Waals surface area contributed by atoms with Crippen LogP contribution in [0.3, 0.4) is 0 Å². The summed E-state index contributed by atoms with van der Waals surface area (Å²) in [7, 11) is 0. The Morgan fingerprint density at radius 1 is 1.43 bits per heavy atom. The predicted molar refractivity (Wildman–Crippen MR) is 63.2 cm³/mol. The van der Waals surface area contributed by atoms with Crippen molar-refractivity contribution in [3.63, 3.8) is 0 Å². The van der Waals surface area contributed by atoms with Gasteiger partial charge >= 0.3 is 0 Å². The van der Waals surface area contributed by atoms with Crippen molar-refractivity contribution in [3.8, 4) is 0 Å². The molecule has 1 atom stereocenters. The van der Waals surface area contributed by atoms with Gasteiger partial charge in [-0.2, -0.15) is 0 Å². The van der Waals surface area contributed by atoms with Gasteiger partial charge in [-0.15, -0.1) is 0 Å². The maximum atomic E-state index is 5.97. The molecule has 1 unspecified atom stereocenters. The Bertz CT molecular complexity index is 302. The largest absolute Gasteiger partial charge is 0.383 e. The fraction of sp³-hybridized carbons (Fsp3) is 0.400. The molecule has 0 fully saturated rings. The first-order valence-electron chi connectivity index (χ1n) is 4.52. The average molecular weight is 233 g/mol. The van der Waals surface area contributed by atoms with Crippen LogP contribution in [-0.2, 0) is 0 Å². The summed E-state index contributed by atoms with van der Waals surface area (Å²) in [5.74, 6) is 0.421. The van der Waals surface area contributed by atoms with E-state index in [1.165, 1.54) is 0 Å². The molecule has 1 aromatic carbocycles. The maximum Gasteiger partial charge on any atom is 0.0638 e. The second kappa shape index (κ2) is 5.44. The summed E-state index contributed by atoms with van der Waals surface area (Å²) in [6.07, 6.45) is 0. The molecule has 0 saturated heterocycles. The highest BCUT2D eigenvalue weighted by atomic mass is 35.5. The van der Waals surface area contributed by atoms with Crippen molar-refractivity contribution in [2.45, 2.75) is 6.92 Å². The van der Waals surface area contributed by atoms with Crippen molar-refractivity contribution in [3.05, 3.63) is 28.2 Å². The number of nitrogens with two attached hydrogens (primary N) is 1. The topological polar surface area (TPSA) is 38.0 Å². The highest BCUT2D eigenvalue weighted by molar-refractivity contribution is 6.35. The van der Waals surface area contributed by atoms with E-state index in [9.17, 15) is 0 Å². The third-order valence-corrected chi connectivity index (χ3v) is 2.54. The summed E-state index contributed by atoms with van der Waals surface area (Å²) in [4.78, 5) is 0. The Balaban J connectivity index is 2.62. The molecular weight excluding hydrogens is 219 g/mol. The molecule has 3 N–H and O–H groups in total. The van der Waals surface area contributed by atoms with Gasteiger partial charge in [0.1, 0.15) is 0 Å². The van der Waals surface area contributed by atoms with Crippen molar-refractivity contribution in [1.82, 2.24) is 0 Å². The molecule has 1 rings (SSSR count). The summed E-state index contributed by atoms with van der Waals surface area (Å²) in [5, 5.41) is 4.57. The molecule has 2 nitrogen and oxygen atoms in total. The van der Waals surface area contributed by atoms with E-state index in [1.54, 1.807) is 12.1 Å². The van der Waals surface area contributed by atoms with Crippen LogP contribution in [-0.4, -0.2) is 13.1 Å². The minimum absolute atomic E-state index is 0.421. The van der Waals surface area contributed by atoms with E-state index in [4.69, 9.17) is 28.9 Å². The number of rotatable bonds is 4. The van der Waals surface area contributed by atoms with Crippen LogP contribution >= 0.6 is 23.2 Å². The molecule has 0 saturated carbocycles. The molecule has 14 heavy (non-hydrogen) atoms. The van der Waals surface area contributed by atoms with Gasteiger partial charge in [-0.3, -0.25) is 0 Å². The standard InChI is InChI=1S/C10H14Cl2N2/c1-7(5-13)6-14-10-4-8(11)2-3-9(10)12/h2-4,7,14H,5-6,13H2,1H3. The van der Waals surface area contributed by atoms with Gasteiger partial charge in [0, 0.05) is 11.6 Å². The Morgan fingerprint density at radius 3 is 2.79 bits per heavy atom. The predicted octanol–water partition coefficient (Wildman–Crippen LogP) is 3.00. The molecule has 0 aliphatic carbocycles. The normalized spacial score (nSPS) is 12.6. The molecule has 1 aromatic rings. The Labute approximate surface area is 94.4 Å². The fourth-order valence-corrected chi connectivity index (χ4v) is 1.36. The summed E-state index contributed by atoms with van der Waals surface area (Å²) in [6.45, 7) is 3.53. The number of hydrogen-bond acceptors (Lipinski definition) is 2. The minimum atomic E-state index is 0.421. The highest BCUT2D eigenvalue weighted by Crippen LogP contribution is 2.25. The Kier molecular flexibility index (Phi) is 4.52. The molecule has 0 aliphatic heterocycles. The summed E-state index contributed by atoms with van der Waals surface area (Å²) >= 11 is 11.8. The monoisotopic (exact) mass is 232 g/mol. The van der Waals surface area contributed by atoms with E-state index in [2.05, 4.69) is 12.2 Å². The van der Waals surface area contributed by atoms with Crippen LogP contribution in [0.25, 0.3) is 0 Å². The lowest BCUT2D eigenvalue weighted by Crippen LogP contribution is -2.19. The van der Waals surface area contributed by atoms with E-state index in [0.717, 1.165) is 12.2 Å². The van der Waals surface area contributed by atoms with Gasteiger partial charge < -0.3 is 11.1 Å². The van der Waals surface area contributed by atoms with Gasteiger partial charge in [0.25, 0.3) is 0 Å². The van der Waals surface area contributed by atoms with Crippen molar-refractivity contribution in [2.75, 3.05) is 18.4 Å². The van der Waals surface area contributed by atoms with Crippen molar-refractivity contribution >= 4 is 28.9 Å². The molecule has 0 aliphatic rings. The maximum absolute atomic E-state index is 5.97. The quantitative estimate of drug-likeness (QED) is 0.838. The SMILES string of the molecule is CC(CN)CNc1cc(Cl)ccc1Cl. The van der Waals surface area contributed by atoms with Crippen molar-refractivity contribution < 1.29 is 0 Å². The molecule has 78 valence electrons. The minimum Gasteiger partial charge on any atom is -0.383 e. The number of benzene rings is 1. The Hall–Kier alpha value is -0.440. The zero-order chi connectivity index (χ0) is 10.6. The lowest BCUT2D eigenvalue weighted by Gasteiger charge is -2.12. The van der Waals surface area contributed by atoms with Gasteiger partial charge in [-0.25, -0.2) is 0 Å². The van der Waals surface area contributed by atoms with E-state index < -0.39 is 0 Å². The lowest BCUT2D eigenvalue weighted by molar-refractivity contribution is 0.628. The molecule has 0 heterocycles. The van der Waals surface area contributed by atoms with Gasteiger partial charge in [-0.1, -0.05) is 30.1 Å². The average Bonchev–Trinajstić information content (AvgIpc) is 2.19. The Morgan fingerprint density at radius 2 is 2.14 bits per heavy atom. The van der Waals surface area contributed by atoms with E-state index in [1.807, 2.05) is 6.07 Å². The van der Waals surface area contributed by atoms with Crippen LogP contribution < -0.4 is 11.1 Å². The zero-order valence-corrected chi connectivity index (χ0v) is 9.57. The number of anilines is 1. The van der Waals surface area contributed by atoms with Gasteiger partial charge in [0.05, 0.1) is 10.7 Å². The molecular formula is C10H14Cl2N2. The van der Waals surface area contributed by atoms with Gasteiger partial charge in [0.2, 0.25) is 0 Å². The highest BCUT2D eigenvalue weighted by Gasteiger charge is 2.03. The molecule has 0 bridgehead atoms. The van der Waals surface area contributed by atoms with Gasteiger partial charge in [0.15, 0.2) is 0 Å². The smallest absolute Gasteiger partial charge is 0.0638 e. The number of nitrogens with one attached hydrogen (secondary N) is 1. The van der Waals surface area contributed by atoms with Crippen LogP contribution in [0.5, 0.6) is 0 Å². The number of hydrogen-bond donors (Lipinski definition) is 2. The zero-order valence-electron chi connectivity index (χ0n) is 8.06. The first-order chi connectivity index (χ1) is 6.63. The summed E-state index contributed by atoms with van der Waals surface area (Å²) in [6, 6.07) is 5.36.